The number of benzene rings is 1. The number of Topliss-reactive ketones (excluding diaryl/α,β-unsaturated/α-hetero) is 1. The first-order valence-corrected chi connectivity index (χ1v) is 7.17. The molecular weight excluding hydrogens is 274 g/mol. The summed E-state index contributed by atoms with van der Waals surface area (Å²) < 4.78 is 10.7. The summed E-state index contributed by atoms with van der Waals surface area (Å²) in [5, 5.41) is 10.8. The number of rotatable bonds is 4. The van der Waals surface area contributed by atoms with Crippen LogP contribution in [0.3, 0.4) is 0 Å². The van der Waals surface area contributed by atoms with Gasteiger partial charge >= 0.3 is 0 Å². The van der Waals surface area contributed by atoms with E-state index in [1.54, 1.807) is 6.07 Å². The first kappa shape index (κ1) is 13.9. The highest BCUT2D eigenvalue weighted by Crippen LogP contribution is 2.43. The highest BCUT2D eigenvalue weighted by molar-refractivity contribution is 5.91. The van der Waals surface area contributed by atoms with Gasteiger partial charge in [-0.05, 0) is 30.5 Å². The number of nitrogens with zero attached hydrogens (tertiary/aromatic N) is 1. The minimum absolute atomic E-state index is 0.106. The second-order valence-corrected chi connectivity index (χ2v) is 5.59. The number of ketones is 1. The van der Waals surface area contributed by atoms with E-state index in [0.717, 1.165) is 18.4 Å². The fraction of sp³-hybridized carbons (Fsp3) is 0.533. The minimum atomic E-state index is -0.744. The number of carbonyl (C=O) groups excluding carboxylic acids is 1. The van der Waals surface area contributed by atoms with Crippen LogP contribution in [0.15, 0.2) is 18.2 Å². The van der Waals surface area contributed by atoms with Crippen LogP contribution >= 0.6 is 0 Å². The van der Waals surface area contributed by atoms with Crippen molar-refractivity contribution in [3.05, 3.63) is 33.9 Å². The first-order valence-electron chi connectivity index (χ1n) is 7.17. The average molecular weight is 291 g/mol. The molecule has 1 saturated carbocycles. The van der Waals surface area contributed by atoms with Crippen LogP contribution in [-0.4, -0.2) is 24.0 Å². The summed E-state index contributed by atoms with van der Waals surface area (Å²) in [7, 11) is 0. The Labute approximate surface area is 122 Å². The molecule has 0 aromatic heterocycles. The van der Waals surface area contributed by atoms with Crippen molar-refractivity contribution >= 4 is 5.78 Å². The van der Waals surface area contributed by atoms with Crippen LogP contribution in [0.4, 0.5) is 0 Å². The Morgan fingerprint density at radius 3 is 2.81 bits per heavy atom. The molecule has 6 nitrogen and oxygen atoms in total. The molecule has 0 radical (unpaired) electrons. The Morgan fingerprint density at radius 2 is 2.05 bits per heavy atom. The molecule has 1 aliphatic heterocycles. The Morgan fingerprint density at radius 1 is 1.24 bits per heavy atom. The molecule has 0 saturated heterocycles. The van der Waals surface area contributed by atoms with Crippen LogP contribution in [0.1, 0.15) is 37.7 Å². The molecule has 1 atom stereocenters. The van der Waals surface area contributed by atoms with Gasteiger partial charge in [0.25, 0.3) is 0 Å². The van der Waals surface area contributed by atoms with Gasteiger partial charge < -0.3 is 9.47 Å². The Balaban J connectivity index is 1.98. The van der Waals surface area contributed by atoms with Crippen LogP contribution in [-0.2, 0) is 10.2 Å². The van der Waals surface area contributed by atoms with E-state index in [9.17, 15) is 14.9 Å². The van der Waals surface area contributed by atoms with E-state index in [1.807, 2.05) is 12.1 Å². The van der Waals surface area contributed by atoms with Gasteiger partial charge in [0.2, 0.25) is 13.3 Å². The second-order valence-electron chi connectivity index (χ2n) is 5.59. The molecule has 0 amide bonds. The molecule has 0 N–H and O–H groups in total. The lowest BCUT2D eigenvalue weighted by molar-refractivity contribution is -0.481. The van der Waals surface area contributed by atoms with Crippen molar-refractivity contribution in [1.29, 1.82) is 0 Å². The third-order valence-electron chi connectivity index (χ3n) is 4.44. The summed E-state index contributed by atoms with van der Waals surface area (Å²) >= 11 is 0. The van der Waals surface area contributed by atoms with Gasteiger partial charge in [-0.25, -0.2) is 0 Å². The molecule has 1 fully saturated rings. The highest BCUT2D eigenvalue weighted by Gasteiger charge is 2.42. The zero-order chi connectivity index (χ0) is 14.9. The van der Waals surface area contributed by atoms with E-state index >= 15 is 0 Å². The van der Waals surface area contributed by atoms with Crippen molar-refractivity contribution in [3.8, 4) is 11.5 Å². The maximum atomic E-state index is 12.5. The third kappa shape index (κ3) is 2.46. The first-order chi connectivity index (χ1) is 10.1. The molecule has 0 unspecified atom stereocenters. The quantitative estimate of drug-likeness (QED) is 0.629. The van der Waals surface area contributed by atoms with Crippen LogP contribution in [0.25, 0.3) is 0 Å². The maximum absolute atomic E-state index is 12.5. The van der Waals surface area contributed by atoms with Crippen molar-refractivity contribution in [2.45, 2.75) is 37.5 Å². The van der Waals surface area contributed by atoms with E-state index in [4.69, 9.17) is 9.47 Å². The lowest BCUT2D eigenvalue weighted by Crippen LogP contribution is -2.40. The largest absolute Gasteiger partial charge is 0.454 e. The van der Waals surface area contributed by atoms with Crippen LogP contribution in [0, 0.1) is 10.1 Å². The van der Waals surface area contributed by atoms with Crippen molar-refractivity contribution < 1.29 is 19.2 Å². The summed E-state index contributed by atoms with van der Waals surface area (Å²) in [6.07, 6.45) is 3.19. The van der Waals surface area contributed by atoms with Crippen molar-refractivity contribution in [3.63, 3.8) is 0 Å². The number of carbonyl (C=O) groups is 1. The summed E-state index contributed by atoms with van der Waals surface area (Å²) in [6.45, 7) is -0.0190. The lowest BCUT2D eigenvalue weighted by Gasteiger charge is -2.35. The summed E-state index contributed by atoms with van der Waals surface area (Å²) in [5.74, 6) is 1.38. The van der Waals surface area contributed by atoms with Crippen LogP contribution in [0.2, 0.25) is 0 Å². The molecule has 6 heteroatoms. The van der Waals surface area contributed by atoms with E-state index in [-0.39, 0.29) is 30.5 Å². The Hall–Kier alpha value is -2.11. The fourth-order valence-corrected chi connectivity index (χ4v) is 3.28. The SMILES string of the molecule is O=C1CCCC[C@]1(CC[N+](=O)[O-])c1ccc2c(c1)OCO2. The smallest absolute Gasteiger partial charge is 0.231 e. The van der Waals surface area contributed by atoms with Crippen molar-refractivity contribution in [2.75, 3.05) is 13.3 Å². The molecule has 0 spiro atoms. The van der Waals surface area contributed by atoms with Crippen molar-refractivity contribution in [2.24, 2.45) is 0 Å². The molecule has 1 heterocycles. The number of fused-ring (bicyclic) bond motifs is 1. The van der Waals surface area contributed by atoms with Gasteiger partial charge in [0, 0.05) is 17.8 Å². The van der Waals surface area contributed by atoms with Gasteiger partial charge in [0.05, 0.1) is 5.41 Å². The third-order valence-corrected chi connectivity index (χ3v) is 4.44. The van der Waals surface area contributed by atoms with Gasteiger partial charge in [-0.3, -0.25) is 14.9 Å². The van der Waals surface area contributed by atoms with Crippen LogP contribution in [0.5, 0.6) is 11.5 Å². The van der Waals surface area contributed by atoms with E-state index in [2.05, 4.69) is 0 Å². The zero-order valence-corrected chi connectivity index (χ0v) is 11.7. The molecule has 2 aliphatic rings. The molecular formula is C15H17NO5. The van der Waals surface area contributed by atoms with Gasteiger partial charge in [-0.2, -0.15) is 0 Å². The number of nitro groups is 1. The van der Waals surface area contributed by atoms with E-state index in [0.29, 0.717) is 24.3 Å². The monoisotopic (exact) mass is 291 g/mol. The maximum Gasteiger partial charge on any atom is 0.231 e. The molecule has 3 rings (SSSR count). The van der Waals surface area contributed by atoms with E-state index < -0.39 is 5.41 Å². The van der Waals surface area contributed by atoms with Crippen LogP contribution < -0.4 is 9.47 Å². The topological polar surface area (TPSA) is 78.7 Å². The predicted octanol–water partition coefficient (Wildman–Crippen LogP) is 2.46. The zero-order valence-electron chi connectivity index (χ0n) is 11.7. The second kappa shape index (κ2) is 5.35. The lowest BCUT2D eigenvalue weighted by atomic mass is 9.66. The molecule has 1 aliphatic carbocycles. The minimum Gasteiger partial charge on any atom is -0.454 e. The van der Waals surface area contributed by atoms with Gasteiger partial charge in [-0.15, -0.1) is 0 Å². The predicted molar refractivity (Wildman–Crippen MR) is 74.2 cm³/mol. The standard InChI is InChI=1S/C15H17NO5/c17-14-3-1-2-6-15(14,7-8-16(18)19)11-4-5-12-13(9-11)21-10-20-12/h4-5,9H,1-3,6-8,10H2/t15-/m0/s1. The Bertz CT molecular complexity index is 585. The summed E-state index contributed by atoms with van der Waals surface area (Å²) in [5.41, 5.74) is 0.0741. The number of hydrogen-bond donors (Lipinski definition) is 0. The van der Waals surface area contributed by atoms with Gasteiger partial charge in [0.1, 0.15) is 5.78 Å². The molecule has 21 heavy (non-hydrogen) atoms. The fourth-order valence-electron chi connectivity index (χ4n) is 3.28. The summed E-state index contributed by atoms with van der Waals surface area (Å²) in [4.78, 5) is 22.9. The molecule has 0 bridgehead atoms. The summed E-state index contributed by atoms with van der Waals surface area (Å²) in [6, 6.07) is 5.44. The van der Waals surface area contributed by atoms with Crippen molar-refractivity contribution in [1.82, 2.24) is 0 Å². The van der Waals surface area contributed by atoms with E-state index in [1.165, 1.54) is 0 Å². The molecule has 112 valence electrons. The average Bonchev–Trinajstić information content (AvgIpc) is 2.94. The Kier molecular flexibility index (Phi) is 3.53. The van der Waals surface area contributed by atoms with Gasteiger partial charge in [0.15, 0.2) is 11.5 Å². The van der Waals surface area contributed by atoms with Gasteiger partial charge in [-0.1, -0.05) is 12.5 Å². The normalized spacial score (nSPS) is 24.1. The molecule has 1 aromatic carbocycles. The number of hydrogen-bond acceptors (Lipinski definition) is 5. The molecule has 1 aromatic rings. The number of ether oxygens (including phenoxy) is 2. The highest BCUT2D eigenvalue weighted by atomic mass is 16.7.